The molecule has 1 amide bonds. The molecule has 1 heterocycles. The summed E-state index contributed by atoms with van der Waals surface area (Å²) < 4.78 is 5.67. The molecule has 1 fully saturated rings. The van der Waals surface area contributed by atoms with Gasteiger partial charge in [0.1, 0.15) is 6.61 Å². The maximum absolute atomic E-state index is 12.4. The molecule has 1 aliphatic rings. The third-order valence-electron chi connectivity index (χ3n) is 3.65. The summed E-state index contributed by atoms with van der Waals surface area (Å²) in [5, 5.41) is 11.7. The fourth-order valence-corrected chi connectivity index (χ4v) is 2.43. The molecule has 0 bridgehead atoms. The minimum Gasteiger partial charge on any atom is -0.384 e. The molecule has 0 saturated carbocycles. The molecule has 0 radical (unpaired) electrons. The zero-order valence-electron chi connectivity index (χ0n) is 12.5. The van der Waals surface area contributed by atoms with Crippen LogP contribution in [0, 0.1) is 18.8 Å². The van der Waals surface area contributed by atoms with Gasteiger partial charge in [0.15, 0.2) is 0 Å². The van der Waals surface area contributed by atoms with Crippen molar-refractivity contribution in [2.24, 2.45) is 0 Å². The zero-order chi connectivity index (χ0) is 15.3. The first kappa shape index (κ1) is 15.6. The van der Waals surface area contributed by atoms with Gasteiger partial charge in [0.25, 0.3) is 5.91 Å². The monoisotopic (exact) mass is 287 g/mol. The molecule has 2 N–H and O–H groups in total. The largest absolute Gasteiger partial charge is 0.384 e. The Labute approximate surface area is 125 Å². The van der Waals surface area contributed by atoms with E-state index < -0.39 is 0 Å². The van der Waals surface area contributed by atoms with Gasteiger partial charge in [-0.25, -0.2) is 0 Å². The quantitative estimate of drug-likeness (QED) is 0.831. The van der Waals surface area contributed by atoms with Crippen molar-refractivity contribution in [1.29, 1.82) is 0 Å². The van der Waals surface area contributed by atoms with Crippen LogP contribution in [0.25, 0.3) is 0 Å². The van der Waals surface area contributed by atoms with Crippen molar-refractivity contribution >= 4 is 5.91 Å². The number of aliphatic hydroxyl groups excluding tert-OH is 1. The summed E-state index contributed by atoms with van der Waals surface area (Å²) in [6.45, 7) is 4.97. The number of hydrogen-bond acceptors (Lipinski definition) is 3. The van der Waals surface area contributed by atoms with Gasteiger partial charge in [-0.3, -0.25) is 4.79 Å². The molecular weight excluding hydrogens is 266 g/mol. The topological polar surface area (TPSA) is 58.6 Å². The Bertz CT molecular complexity index is 577. The number of ether oxygens (including phenoxy) is 1. The van der Waals surface area contributed by atoms with Crippen LogP contribution in [-0.2, 0) is 4.74 Å². The lowest BCUT2D eigenvalue weighted by Gasteiger charge is -2.23. The molecular formula is C17H21NO3. The summed E-state index contributed by atoms with van der Waals surface area (Å²) in [5.41, 5.74) is 1.90. The lowest BCUT2D eigenvalue weighted by molar-refractivity contribution is 0.0206. The highest BCUT2D eigenvalue weighted by Gasteiger charge is 2.30. The fourth-order valence-electron chi connectivity index (χ4n) is 2.43. The van der Waals surface area contributed by atoms with E-state index in [0.29, 0.717) is 17.7 Å². The highest BCUT2D eigenvalue weighted by Crippen LogP contribution is 2.24. The highest BCUT2D eigenvalue weighted by atomic mass is 16.5. The zero-order valence-corrected chi connectivity index (χ0v) is 12.5. The third kappa shape index (κ3) is 4.07. The molecule has 0 spiro atoms. The molecule has 1 unspecified atom stereocenters. The first-order chi connectivity index (χ1) is 10.0. The van der Waals surface area contributed by atoms with Crippen molar-refractivity contribution in [3.8, 4) is 11.8 Å². The van der Waals surface area contributed by atoms with Crippen LogP contribution in [0.15, 0.2) is 18.2 Å². The van der Waals surface area contributed by atoms with E-state index in [1.807, 2.05) is 26.0 Å². The first-order valence-corrected chi connectivity index (χ1v) is 7.17. The van der Waals surface area contributed by atoms with Crippen LogP contribution in [0.1, 0.15) is 41.3 Å². The van der Waals surface area contributed by atoms with E-state index in [-0.39, 0.29) is 18.1 Å². The average Bonchev–Trinajstić information content (AvgIpc) is 2.91. The summed E-state index contributed by atoms with van der Waals surface area (Å²) in [6, 6.07) is 5.52. The van der Waals surface area contributed by atoms with Gasteiger partial charge in [-0.1, -0.05) is 23.5 Å². The Morgan fingerprint density at radius 2 is 2.33 bits per heavy atom. The Hall–Kier alpha value is -1.83. The number of aryl methyl sites for hydroxylation is 1. The summed E-state index contributed by atoms with van der Waals surface area (Å²) in [7, 11) is 0. The van der Waals surface area contributed by atoms with E-state index >= 15 is 0 Å². The Balaban J connectivity index is 2.12. The number of carbonyl (C=O) groups excluding carboxylic acids is 1. The van der Waals surface area contributed by atoms with E-state index in [1.165, 1.54) is 0 Å². The second kappa shape index (κ2) is 6.75. The van der Waals surface area contributed by atoms with E-state index in [1.54, 1.807) is 6.07 Å². The van der Waals surface area contributed by atoms with Gasteiger partial charge in [0.05, 0.1) is 11.2 Å². The van der Waals surface area contributed by atoms with Crippen LogP contribution in [0.2, 0.25) is 0 Å². The minimum absolute atomic E-state index is 0.155. The van der Waals surface area contributed by atoms with Gasteiger partial charge in [0, 0.05) is 18.7 Å². The maximum Gasteiger partial charge on any atom is 0.252 e. The van der Waals surface area contributed by atoms with Crippen molar-refractivity contribution in [2.45, 2.75) is 32.3 Å². The molecule has 1 aromatic carbocycles. The SMILES string of the molecule is Cc1ccc(C#CCO)c(C(=O)NCC2(C)CCCO2)c1. The second-order valence-electron chi connectivity index (χ2n) is 5.59. The van der Waals surface area contributed by atoms with E-state index in [9.17, 15) is 4.79 Å². The number of amides is 1. The van der Waals surface area contributed by atoms with Crippen molar-refractivity contribution in [3.05, 3.63) is 34.9 Å². The molecule has 2 rings (SSSR count). The van der Waals surface area contributed by atoms with Crippen molar-refractivity contribution in [2.75, 3.05) is 19.8 Å². The molecule has 4 nitrogen and oxygen atoms in total. The van der Waals surface area contributed by atoms with E-state index in [2.05, 4.69) is 17.2 Å². The molecule has 1 aromatic rings. The molecule has 0 aliphatic carbocycles. The van der Waals surface area contributed by atoms with Crippen LogP contribution in [0.4, 0.5) is 0 Å². The summed E-state index contributed by atoms with van der Waals surface area (Å²) in [6.07, 6.45) is 1.99. The van der Waals surface area contributed by atoms with Crippen molar-refractivity contribution in [3.63, 3.8) is 0 Å². The van der Waals surface area contributed by atoms with Gasteiger partial charge in [-0.05, 0) is 38.8 Å². The number of nitrogens with one attached hydrogen (secondary N) is 1. The van der Waals surface area contributed by atoms with E-state index in [4.69, 9.17) is 9.84 Å². The lowest BCUT2D eigenvalue weighted by Crippen LogP contribution is -2.40. The molecule has 1 aliphatic heterocycles. The van der Waals surface area contributed by atoms with Crippen LogP contribution in [0.5, 0.6) is 0 Å². The predicted octanol–water partition coefficient (Wildman–Crippen LogP) is 1.64. The van der Waals surface area contributed by atoms with Gasteiger partial charge in [-0.2, -0.15) is 0 Å². The number of rotatable bonds is 3. The smallest absolute Gasteiger partial charge is 0.252 e. The van der Waals surface area contributed by atoms with Crippen LogP contribution < -0.4 is 5.32 Å². The Morgan fingerprint density at radius 3 is 3.00 bits per heavy atom. The number of benzene rings is 1. The highest BCUT2D eigenvalue weighted by molar-refractivity contribution is 5.97. The molecule has 4 heteroatoms. The third-order valence-corrected chi connectivity index (χ3v) is 3.65. The van der Waals surface area contributed by atoms with Crippen LogP contribution >= 0.6 is 0 Å². The Morgan fingerprint density at radius 1 is 1.52 bits per heavy atom. The minimum atomic E-state index is -0.267. The molecule has 1 atom stereocenters. The van der Waals surface area contributed by atoms with Crippen LogP contribution in [0.3, 0.4) is 0 Å². The summed E-state index contributed by atoms with van der Waals surface area (Å²) >= 11 is 0. The van der Waals surface area contributed by atoms with Gasteiger partial charge in [0.2, 0.25) is 0 Å². The summed E-state index contributed by atoms with van der Waals surface area (Å²) in [5.74, 6) is 5.25. The van der Waals surface area contributed by atoms with Gasteiger partial charge < -0.3 is 15.2 Å². The first-order valence-electron chi connectivity index (χ1n) is 7.17. The van der Waals surface area contributed by atoms with Crippen LogP contribution in [-0.4, -0.2) is 36.4 Å². The van der Waals surface area contributed by atoms with E-state index in [0.717, 1.165) is 25.0 Å². The maximum atomic E-state index is 12.4. The standard InChI is InChI=1S/C17H21NO3/c1-13-6-7-14(5-3-9-19)15(11-13)16(20)18-12-17(2)8-4-10-21-17/h6-7,11,19H,4,8-10,12H2,1-2H3,(H,18,20). The lowest BCUT2D eigenvalue weighted by atomic mass is 10.0. The van der Waals surface area contributed by atoms with Crippen molar-refractivity contribution in [1.82, 2.24) is 5.32 Å². The number of aliphatic hydroxyl groups is 1. The molecule has 0 aromatic heterocycles. The van der Waals surface area contributed by atoms with Gasteiger partial charge in [-0.15, -0.1) is 0 Å². The Kier molecular flexibility index (Phi) is 5.00. The summed E-state index contributed by atoms with van der Waals surface area (Å²) in [4.78, 5) is 12.4. The number of carbonyl (C=O) groups is 1. The molecule has 21 heavy (non-hydrogen) atoms. The van der Waals surface area contributed by atoms with Crippen molar-refractivity contribution < 1.29 is 14.6 Å². The molecule has 112 valence electrons. The average molecular weight is 287 g/mol. The predicted molar refractivity (Wildman–Crippen MR) is 81.1 cm³/mol. The number of hydrogen-bond donors (Lipinski definition) is 2. The van der Waals surface area contributed by atoms with Gasteiger partial charge >= 0.3 is 0 Å². The molecule has 1 saturated heterocycles. The second-order valence-corrected chi connectivity index (χ2v) is 5.59. The fraction of sp³-hybridized carbons (Fsp3) is 0.471. The normalized spacial score (nSPS) is 20.7.